The van der Waals surface area contributed by atoms with Crippen LogP contribution in [0.4, 0.5) is 0 Å². The molecule has 0 bridgehead atoms. The molecule has 21 heavy (non-hydrogen) atoms. The van der Waals surface area contributed by atoms with Crippen LogP contribution >= 0.6 is 0 Å². The molecule has 1 aromatic carbocycles. The Hall–Kier alpha value is -2.08. The van der Waals surface area contributed by atoms with Gasteiger partial charge in [-0.2, -0.15) is 0 Å². The van der Waals surface area contributed by atoms with Crippen molar-refractivity contribution in [1.29, 1.82) is 0 Å². The predicted molar refractivity (Wildman–Crippen MR) is 75.4 cm³/mol. The summed E-state index contributed by atoms with van der Waals surface area (Å²) in [5, 5.41) is 11.3. The molecule has 6 nitrogen and oxygen atoms in total. The molecule has 0 aliphatic heterocycles. The molecule has 1 unspecified atom stereocenters. The Morgan fingerprint density at radius 1 is 1.33 bits per heavy atom. The van der Waals surface area contributed by atoms with Gasteiger partial charge in [-0.25, -0.2) is 4.79 Å². The molecule has 0 saturated heterocycles. The van der Waals surface area contributed by atoms with E-state index in [9.17, 15) is 9.59 Å². The highest BCUT2D eigenvalue weighted by Gasteiger charge is 2.20. The summed E-state index contributed by atoms with van der Waals surface area (Å²) < 4.78 is 10.1. The molecule has 0 saturated carbocycles. The van der Waals surface area contributed by atoms with Crippen molar-refractivity contribution in [3.05, 3.63) is 29.3 Å². The lowest BCUT2D eigenvalue weighted by Crippen LogP contribution is -2.45. The van der Waals surface area contributed by atoms with Gasteiger partial charge in [0, 0.05) is 7.11 Å². The number of amides is 1. The van der Waals surface area contributed by atoms with Gasteiger partial charge in [0.2, 0.25) is 0 Å². The summed E-state index contributed by atoms with van der Waals surface area (Å²) in [6.07, 6.45) is 3.28. The van der Waals surface area contributed by atoms with Crippen LogP contribution in [0.25, 0.3) is 0 Å². The van der Waals surface area contributed by atoms with Crippen molar-refractivity contribution >= 4 is 11.9 Å². The minimum Gasteiger partial charge on any atom is -0.484 e. The highest BCUT2D eigenvalue weighted by atomic mass is 16.5. The smallest absolute Gasteiger partial charge is 0.328 e. The number of rotatable bonds is 7. The first kappa shape index (κ1) is 15.3. The number of ether oxygens (including phenoxy) is 2. The topological polar surface area (TPSA) is 84.9 Å². The maximum absolute atomic E-state index is 11.7. The molecule has 0 heterocycles. The molecule has 0 fully saturated rings. The molecule has 0 aromatic heterocycles. The minimum absolute atomic E-state index is 0.0834. The fraction of sp³-hybridized carbons (Fsp3) is 0.467. The number of aryl methyl sites for hydroxylation is 2. The molecule has 1 aromatic rings. The lowest BCUT2D eigenvalue weighted by atomic mass is 10.1. The second-order valence-electron chi connectivity index (χ2n) is 4.99. The van der Waals surface area contributed by atoms with Crippen LogP contribution < -0.4 is 10.1 Å². The average molecular weight is 293 g/mol. The van der Waals surface area contributed by atoms with E-state index in [0.29, 0.717) is 5.75 Å². The van der Waals surface area contributed by atoms with Gasteiger partial charge in [0.05, 0.1) is 6.61 Å². The van der Waals surface area contributed by atoms with E-state index in [1.807, 2.05) is 18.2 Å². The van der Waals surface area contributed by atoms with Gasteiger partial charge in [-0.15, -0.1) is 0 Å². The lowest BCUT2D eigenvalue weighted by molar-refractivity contribution is -0.143. The Balaban J connectivity index is 1.84. The zero-order chi connectivity index (χ0) is 15.2. The quantitative estimate of drug-likeness (QED) is 0.775. The normalized spacial score (nSPS) is 14.3. The minimum atomic E-state index is -1.14. The summed E-state index contributed by atoms with van der Waals surface area (Å²) in [5.41, 5.74) is 2.59. The lowest BCUT2D eigenvalue weighted by Gasteiger charge is -2.14. The fourth-order valence-corrected chi connectivity index (χ4v) is 2.36. The Kier molecular flexibility index (Phi) is 5.16. The molecule has 6 heteroatoms. The van der Waals surface area contributed by atoms with E-state index in [1.54, 1.807) is 0 Å². The van der Waals surface area contributed by atoms with Crippen molar-refractivity contribution in [2.45, 2.75) is 25.3 Å². The average Bonchev–Trinajstić information content (AvgIpc) is 2.92. The molecule has 0 radical (unpaired) electrons. The summed E-state index contributed by atoms with van der Waals surface area (Å²) in [7, 11) is 1.38. The Bertz CT molecular complexity index is 529. The first-order chi connectivity index (χ1) is 10.1. The number of carbonyl (C=O) groups is 2. The Morgan fingerprint density at radius 2 is 2.10 bits per heavy atom. The van der Waals surface area contributed by atoms with Crippen LogP contribution in [0, 0.1) is 0 Å². The number of aliphatic carboxylic acids is 1. The molecule has 1 aliphatic carbocycles. The number of fused-ring (bicyclic) bond motifs is 1. The van der Waals surface area contributed by atoms with Gasteiger partial charge in [-0.3, -0.25) is 4.79 Å². The number of carbonyl (C=O) groups excluding carboxylic acids is 1. The van der Waals surface area contributed by atoms with E-state index in [4.69, 9.17) is 14.6 Å². The van der Waals surface area contributed by atoms with Crippen LogP contribution in [0.1, 0.15) is 17.5 Å². The highest BCUT2D eigenvalue weighted by molar-refractivity contribution is 5.84. The van der Waals surface area contributed by atoms with Gasteiger partial charge >= 0.3 is 5.97 Å². The number of hydrogen-bond donors (Lipinski definition) is 2. The molecule has 2 N–H and O–H groups in total. The van der Waals surface area contributed by atoms with Crippen LogP contribution in [0.5, 0.6) is 5.75 Å². The van der Waals surface area contributed by atoms with Crippen LogP contribution in [0.3, 0.4) is 0 Å². The predicted octanol–water partition coefficient (Wildman–Crippen LogP) is 0.770. The number of benzene rings is 1. The van der Waals surface area contributed by atoms with Crippen LogP contribution in [0.15, 0.2) is 18.2 Å². The number of carboxylic acid groups (broad SMARTS) is 1. The summed E-state index contributed by atoms with van der Waals surface area (Å²) in [6.45, 7) is -0.299. The highest BCUT2D eigenvalue weighted by Crippen LogP contribution is 2.25. The van der Waals surface area contributed by atoms with E-state index in [2.05, 4.69) is 5.32 Å². The second kappa shape index (κ2) is 7.08. The SMILES string of the molecule is COCC(NC(=O)COc1ccc2c(c1)CCC2)C(=O)O. The molecule has 114 valence electrons. The summed E-state index contributed by atoms with van der Waals surface area (Å²) in [5.74, 6) is -0.993. The molecule has 1 aliphatic rings. The van der Waals surface area contributed by atoms with Crippen molar-refractivity contribution in [2.75, 3.05) is 20.3 Å². The van der Waals surface area contributed by atoms with E-state index >= 15 is 0 Å². The number of nitrogens with one attached hydrogen (secondary N) is 1. The zero-order valence-corrected chi connectivity index (χ0v) is 11.9. The van der Waals surface area contributed by atoms with Crippen molar-refractivity contribution in [3.8, 4) is 5.75 Å². The van der Waals surface area contributed by atoms with E-state index in [0.717, 1.165) is 19.3 Å². The number of hydrogen-bond acceptors (Lipinski definition) is 4. The van der Waals surface area contributed by atoms with Crippen LogP contribution in [0.2, 0.25) is 0 Å². The van der Waals surface area contributed by atoms with Crippen LogP contribution in [-0.4, -0.2) is 43.3 Å². The zero-order valence-electron chi connectivity index (χ0n) is 11.9. The van der Waals surface area contributed by atoms with Crippen molar-refractivity contribution < 1.29 is 24.2 Å². The van der Waals surface area contributed by atoms with Gasteiger partial charge in [0.25, 0.3) is 5.91 Å². The Labute approximate surface area is 123 Å². The van der Waals surface area contributed by atoms with Crippen LogP contribution in [-0.2, 0) is 27.2 Å². The fourth-order valence-electron chi connectivity index (χ4n) is 2.36. The van der Waals surface area contributed by atoms with Crippen molar-refractivity contribution in [1.82, 2.24) is 5.32 Å². The maximum atomic E-state index is 11.7. The molecule has 0 spiro atoms. The number of carboxylic acids is 1. The van der Waals surface area contributed by atoms with E-state index < -0.39 is 17.9 Å². The maximum Gasteiger partial charge on any atom is 0.328 e. The van der Waals surface area contributed by atoms with E-state index in [-0.39, 0.29) is 13.2 Å². The van der Waals surface area contributed by atoms with Crippen molar-refractivity contribution in [2.24, 2.45) is 0 Å². The monoisotopic (exact) mass is 293 g/mol. The first-order valence-corrected chi connectivity index (χ1v) is 6.86. The van der Waals surface area contributed by atoms with E-state index in [1.165, 1.54) is 18.2 Å². The Morgan fingerprint density at radius 3 is 2.81 bits per heavy atom. The third kappa shape index (κ3) is 4.19. The molecule has 1 atom stereocenters. The molecule has 2 rings (SSSR count). The summed E-state index contributed by atoms with van der Waals surface area (Å²) >= 11 is 0. The summed E-state index contributed by atoms with van der Waals surface area (Å²) in [6, 6.07) is 4.73. The van der Waals surface area contributed by atoms with Crippen molar-refractivity contribution in [3.63, 3.8) is 0 Å². The van der Waals surface area contributed by atoms with Gasteiger partial charge in [0.1, 0.15) is 5.75 Å². The van der Waals surface area contributed by atoms with Gasteiger partial charge in [0.15, 0.2) is 12.6 Å². The molecular weight excluding hydrogens is 274 g/mol. The molecule has 1 amide bonds. The third-order valence-corrected chi connectivity index (χ3v) is 3.41. The standard InChI is InChI=1S/C15H19NO5/c1-20-8-13(15(18)19)16-14(17)9-21-12-6-5-10-3-2-4-11(10)7-12/h5-7,13H,2-4,8-9H2,1H3,(H,16,17)(H,18,19). The largest absolute Gasteiger partial charge is 0.484 e. The number of methoxy groups -OCH3 is 1. The van der Waals surface area contributed by atoms with Gasteiger partial charge in [-0.05, 0) is 42.5 Å². The third-order valence-electron chi connectivity index (χ3n) is 3.41. The van der Waals surface area contributed by atoms with Gasteiger partial charge < -0.3 is 19.9 Å². The van der Waals surface area contributed by atoms with Gasteiger partial charge in [-0.1, -0.05) is 6.07 Å². The second-order valence-corrected chi connectivity index (χ2v) is 4.99. The molecular formula is C15H19NO5. The first-order valence-electron chi connectivity index (χ1n) is 6.86. The summed E-state index contributed by atoms with van der Waals surface area (Å²) in [4.78, 5) is 22.6.